The number of hydrogen-bond donors (Lipinski definition) is 2. The molecule has 6 heteroatoms. The Morgan fingerprint density at radius 3 is 2.29 bits per heavy atom. The van der Waals surface area contributed by atoms with E-state index in [0.717, 1.165) is 12.8 Å². The Balaban J connectivity index is 4.77. The van der Waals surface area contributed by atoms with Gasteiger partial charge in [-0.15, -0.1) is 0 Å². The third-order valence-electron chi connectivity index (χ3n) is 2.63. The lowest BCUT2D eigenvalue weighted by atomic mass is 9.92. The lowest BCUT2D eigenvalue weighted by Crippen LogP contribution is -2.55. The third-order valence-corrected chi connectivity index (χ3v) is 4.39. The molecule has 0 amide bonds. The van der Waals surface area contributed by atoms with Crippen molar-refractivity contribution in [2.45, 2.75) is 46.1 Å². The van der Waals surface area contributed by atoms with Gasteiger partial charge in [-0.1, -0.05) is 20.8 Å². The average Bonchev–Trinajstić information content (AvgIpc) is 2.16. The van der Waals surface area contributed by atoms with Gasteiger partial charge in [0.2, 0.25) is 0 Å². The van der Waals surface area contributed by atoms with Gasteiger partial charge < -0.3 is 5.73 Å². The highest BCUT2D eigenvalue weighted by Crippen LogP contribution is 2.17. The van der Waals surface area contributed by atoms with Gasteiger partial charge in [0.05, 0.1) is 0 Å². The minimum Gasteiger partial charge on any atom is -0.329 e. The quantitative estimate of drug-likeness (QED) is 0.685. The Hall–Kier alpha value is -0.170. The van der Waals surface area contributed by atoms with Gasteiger partial charge in [0.15, 0.2) is 0 Å². The lowest BCUT2D eigenvalue weighted by molar-refractivity contribution is 0.332. The van der Waals surface area contributed by atoms with Crippen molar-refractivity contribution in [2.24, 2.45) is 11.7 Å². The molecule has 0 aromatic heterocycles. The molecule has 0 rings (SSSR count). The largest absolute Gasteiger partial charge is 0.329 e. The van der Waals surface area contributed by atoms with Crippen LogP contribution < -0.4 is 10.5 Å². The summed E-state index contributed by atoms with van der Waals surface area (Å²) in [6.45, 7) is 8.71. The summed E-state index contributed by atoms with van der Waals surface area (Å²) in [5, 5.41) is 0. The molecule has 17 heavy (non-hydrogen) atoms. The first-order valence-corrected chi connectivity index (χ1v) is 7.56. The fourth-order valence-corrected chi connectivity index (χ4v) is 3.26. The van der Waals surface area contributed by atoms with Crippen LogP contribution in [-0.4, -0.2) is 38.4 Å². The van der Waals surface area contributed by atoms with E-state index in [1.807, 2.05) is 13.8 Å². The molecule has 104 valence electrons. The summed E-state index contributed by atoms with van der Waals surface area (Å²) in [5.41, 5.74) is 5.12. The zero-order valence-electron chi connectivity index (χ0n) is 11.7. The van der Waals surface area contributed by atoms with Crippen LogP contribution in [0.1, 0.15) is 40.5 Å². The number of hydrogen-bond acceptors (Lipinski definition) is 3. The van der Waals surface area contributed by atoms with Gasteiger partial charge in [-0.3, -0.25) is 0 Å². The molecule has 0 bridgehead atoms. The van der Waals surface area contributed by atoms with Crippen LogP contribution in [0.2, 0.25) is 0 Å². The van der Waals surface area contributed by atoms with Crippen LogP contribution in [0.3, 0.4) is 0 Å². The smallest absolute Gasteiger partial charge is 0.279 e. The van der Waals surface area contributed by atoms with E-state index < -0.39 is 15.7 Å². The van der Waals surface area contributed by atoms with Crippen molar-refractivity contribution in [2.75, 3.05) is 20.1 Å². The van der Waals surface area contributed by atoms with Crippen molar-refractivity contribution >= 4 is 10.2 Å². The zero-order valence-corrected chi connectivity index (χ0v) is 12.5. The molecule has 0 spiro atoms. The number of nitrogens with zero attached hydrogens (tertiary/aromatic N) is 1. The highest BCUT2D eigenvalue weighted by molar-refractivity contribution is 7.87. The van der Waals surface area contributed by atoms with Crippen molar-refractivity contribution in [1.82, 2.24) is 9.03 Å². The van der Waals surface area contributed by atoms with E-state index in [1.54, 1.807) is 7.05 Å². The van der Waals surface area contributed by atoms with Crippen LogP contribution >= 0.6 is 0 Å². The second-order valence-electron chi connectivity index (χ2n) is 5.29. The molecule has 5 nitrogen and oxygen atoms in total. The summed E-state index contributed by atoms with van der Waals surface area (Å²) in [4.78, 5) is 0. The molecule has 0 aliphatic rings. The first-order valence-electron chi connectivity index (χ1n) is 6.12. The molecule has 0 radical (unpaired) electrons. The summed E-state index contributed by atoms with van der Waals surface area (Å²) >= 11 is 0. The Labute approximate surface area is 106 Å². The Morgan fingerprint density at radius 1 is 1.41 bits per heavy atom. The molecule has 0 saturated carbocycles. The van der Waals surface area contributed by atoms with Crippen molar-refractivity contribution in [3.05, 3.63) is 0 Å². The molecule has 0 heterocycles. The molecule has 0 saturated heterocycles. The van der Waals surface area contributed by atoms with Gasteiger partial charge in [-0.2, -0.15) is 17.4 Å². The van der Waals surface area contributed by atoms with Crippen LogP contribution in [0, 0.1) is 5.92 Å². The summed E-state index contributed by atoms with van der Waals surface area (Å²) < 4.78 is 28.1. The molecule has 0 fully saturated rings. The predicted molar refractivity (Wildman–Crippen MR) is 71.9 cm³/mol. The van der Waals surface area contributed by atoms with Gasteiger partial charge in [0.25, 0.3) is 10.2 Å². The van der Waals surface area contributed by atoms with Gasteiger partial charge in [0.1, 0.15) is 0 Å². The summed E-state index contributed by atoms with van der Waals surface area (Å²) in [7, 11) is -1.85. The second kappa shape index (κ2) is 6.68. The SMILES string of the molecule is CCCN(C)S(=O)(=O)NC(C)(CN)CC(C)C. The third kappa shape index (κ3) is 5.81. The van der Waals surface area contributed by atoms with Gasteiger partial charge in [-0.25, -0.2) is 0 Å². The Bertz CT molecular complexity index is 317. The van der Waals surface area contributed by atoms with Crippen LogP contribution in [0.15, 0.2) is 0 Å². The van der Waals surface area contributed by atoms with Crippen LogP contribution in [0.25, 0.3) is 0 Å². The second-order valence-corrected chi connectivity index (χ2v) is 7.07. The fourth-order valence-electron chi connectivity index (χ4n) is 1.89. The minimum absolute atomic E-state index is 0.296. The maximum Gasteiger partial charge on any atom is 0.279 e. The summed E-state index contributed by atoms with van der Waals surface area (Å²) in [6.07, 6.45) is 1.52. The topological polar surface area (TPSA) is 75.4 Å². The van der Waals surface area contributed by atoms with E-state index in [9.17, 15) is 8.42 Å². The lowest BCUT2D eigenvalue weighted by Gasteiger charge is -2.32. The highest BCUT2D eigenvalue weighted by atomic mass is 32.2. The van der Waals surface area contributed by atoms with Crippen LogP contribution in [-0.2, 0) is 10.2 Å². The van der Waals surface area contributed by atoms with E-state index >= 15 is 0 Å². The highest BCUT2D eigenvalue weighted by Gasteiger charge is 2.31. The van der Waals surface area contributed by atoms with Gasteiger partial charge in [-0.05, 0) is 25.7 Å². The predicted octanol–water partition coefficient (Wildman–Crippen LogP) is 0.926. The maximum atomic E-state index is 12.0. The monoisotopic (exact) mass is 265 g/mol. The van der Waals surface area contributed by atoms with E-state index in [-0.39, 0.29) is 0 Å². The molecular formula is C11H27N3O2S. The van der Waals surface area contributed by atoms with Crippen molar-refractivity contribution in [3.63, 3.8) is 0 Å². The van der Waals surface area contributed by atoms with Gasteiger partial charge >= 0.3 is 0 Å². The maximum absolute atomic E-state index is 12.0. The minimum atomic E-state index is -3.43. The van der Waals surface area contributed by atoms with E-state index in [2.05, 4.69) is 18.6 Å². The van der Waals surface area contributed by atoms with Crippen LogP contribution in [0.5, 0.6) is 0 Å². The normalized spacial score (nSPS) is 16.5. The molecule has 1 unspecified atom stereocenters. The van der Waals surface area contributed by atoms with E-state index in [4.69, 9.17) is 5.73 Å². The molecule has 3 N–H and O–H groups in total. The molecule has 0 aromatic carbocycles. The average molecular weight is 265 g/mol. The summed E-state index contributed by atoms with van der Waals surface area (Å²) in [6, 6.07) is 0. The van der Waals surface area contributed by atoms with E-state index in [0.29, 0.717) is 19.0 Å². The number of rotatable bonds is 8. The number of nitrogens with two attached hydrogens (primary N) is 1. The zero-order chi connectivity index (χ0) is 13.7. The molecular weight excluding hydrogens is 238 g/mol. The molecule has 1 atom stereocenters. The first-order chi connectivity index (χ1) is 7.67. The molecule has 0 aliphatic carbocycles. The first kappa shape index (κ1) is 16.8. The van der Waals surface area contributed by atoms with Gasteiger partial charge in [0, 0.05) is 25.7 Å². The Kier molecular flexibility index (Phi) is 6.61. The van der Waals surface area contributed by atoms with Crippen molar-refractivity contribution in [3.8, 4) is 0 Å². The summed E-state index contributed by atoms with van der Waals surface area (Å²) in [5.74, 6) is 0.391. The molecule has 0 aromatic rings. The standard InChI is InChI=1S/C11H27N3O2S/c1-6-7-14(5)17(15,16)13-11(4,9-12)8-10(2)3/h10,13H,6-9,12H2,1-5H3. The number of nitrogens with one attached hydrogen (secondary N) is 1. The fraction of sp³-hybridized carbons (Fsp3) is 1.00. The Morgan fingerprint density at radius 2 is 1.94 bits per heavy atom. The van der Waals surface area contributed by atoms with Crippen molar-refractivity contribution in [1.29, 1.82) is 0 Å². The van der Waals surface area contributed by atoms with E-state index in [1.165, 1.54) is 4.31 Å². The van der Waals surface area contributed by atoms with Crippen molar-refractivity contribution < 1.29 is 8.42 Å². The van der Waals surface area contributed by atoms with Crippen LogP contribution in [0.4, 0.5) is 0 Å². The molecule has 0 aliphatic heterocycles.